The SMILES string of the molecule is COCCNC(=O)[C@@H]1CC[C@@H]2[C@@H](CCN2Cc2cccs2)O1.O=C(O)C(F)(F)F. The smallest absolute Gasteiger partial charge is 0.475 e. The molecule has 0 spiro atoms. The van der Waals surface area contributed by atoms with Crippen molar-refractivity contribution < 1.29 is 37.3 Å². The van der Waals surface area contributed by atoms with E-state index in [9.17, 15) is 18.0 Å². The lowest BCUT2D eigenvalue weighted by molar-refractivity contribution is -0.192. The average molecular weight is 438 g/mol. The van der Waals surface area contributed by atoms with Gasteiger partial charge in [0.05, 0.1) is 12.7 Å². The number of hydrogen-bond donors (Lipinski definition) is 2. The molecule has 0 radical (unpaired) electrons. The first-order valence-corrected chi connectivity index (χ1v) is 10.1. The van der Waals surface area contributed by atoms with Crippen LogP contribution in [0.15, 0.2) is 17.5 Å². The van der Waals surface area contributed by atoms with Crippen molar-refractivity contribution in [3.05, 3.63) is 22.4 Å². The van der Waals surface area contributed by atoms with Gasteiger partial charge in [-0.05, 0) is 30.7 Å². The quantitative estimate of drug-likeness (QED) is 0.663. The van der Waals surface area contributed by atoms with E-state index in [2.05, 4.69) is 27.7 Å². The first kappa shape index (κ1) is 23.6. The van der Waals surface area contributed by atoms with Crippen molar-refractivity contribution in [2.75, 3.05) is 26.8 Å². The summed E-state index contributed by atoms with van der Waals surface area (Å²) >= 11 is 1.81. The molecule has 29 heavy (non-hydrogen) atoms. The molecule has 0 bridgehead atoms. The van der Waals surface area contributed by atoms with Crippen molar-refractivity contribution in [2.45, 2.75) is 50.2 Å². The van der Waals surface area contributed by atoms with E-state index >= 15 is 0 Å². The molecule has 2 N–H and O–H groups in total. The summed E-state index contributed by atoms with van der Waals surface area (Å²) in [6, 6.07) is 4.75. The van der Waals surface area contributed by atoms with E-state index < -0.39 is 12.1 Å². The van der Waals surface area contributed by atoms with Gasteiger partial charge in [0.15, 0.2) is 0 Å². The van der Waals surface area contributed by atoms with Crippen molar-refractivity contribution in [3.8, 4) is 0 Å². The van der Waals surface area contributed by atoms with E-state index in [1.165, 1.54) is 4.88 Å². The number of thiophene rings is 1. The number of carboxylic acid groups (broad SMARTS) is 1. The van der Waals surface area contributed by atoms with Crippen LogP contribution < -0.4 is 5.32 Å². The molecule has 3 heterocycles. The lowest BCUT2D eigenvalue weighted by atomic mass is 9.98. The van der Waals surface area contributed by atoms with Crippen LogP contribution in [-0.4, -0.2) is 73.1 Å². The topological polar surface area (TPSA) is 88.1 Å². The number of carbonyl (C=O) groups is 2. The number of likely N-dealkylation sites (tertiary alicyclic amines) is 1. The lowest BCUT2D eigenvalue weighted by Gasteiger charge is -2.35. The maximum absolute atomic E-state index is 12.1. The second-order valence-corrected chi connectivity index (χ2v) is 7.77. The molecule has 0 saturated carbocycles. The predicted molar refractivity (Wildman–Crippen MR) is 99.6 cm³/mol. The van der Waals surface area contributed by atoms with Crippen LogP contribution in [0.5, 0.6) is 0 Å². The number of amides is 1. The van der Waals surface area contributed by atoms with Crippen LogP contribution in [0.25, 0.3) is 0 Å². The molecule has 0 aliphatic carbocycles. The number of rotatable bonds is 6. The number of nitrogens with zero attached hydrogens (tertiary/aromatic N) is 1. The van der Waals surface area contributed by atoms with Crippen molar-refractivity contribution in [1.82, 2.24) is 10.2 Å². The fourth-order valence-electron chi connectivity index (χ4n) is 3.40. The van der Waals surface area contributed by atoms with Gasteiger partial charge in [-0.2, -0.15) is 13.2 Å². The molecule has 11 heteroatoms. The molecule has 0 unspecified atom stereocenters. The molecule has 164 valence electrons. The lowest BCUT2D eigenvalue weighted by Crippen LogP contribution is -2.48. The zero-order valence-electron chi connectivity index (χ0n) is 16.0. The molecule has 0 aromatic carbocycles. The Kier molecular flexibility index (Phi) is 8.87. The highest BCUT2D eigenvalue weighted by molar-refractivity contribution is 7.09. The van der Waals surface area contributed by atoms with Crippen molar-refractivity contribution in [3.63, 3.8) is 0 Å². The molecule has 2 saturated heterocycles. The fourth-order valence-corrected chi connectivity index (χ4v) is 4.13. The zero-order chi connectivity index (χ0) is 21.4. The largest absolute Gasteiger partial charge is 0.490 e. The summed E-state index contributed by atoms with van der Waals surface area (Å²) in [6.07, 6.45) is -2.30. The Hall–Kier alpha value is -1.69. The maximum atomic E-state index is 12.1. The molecule has 1 aromatic heterocycles. The summed E-state index contributed by atoms with van der Waals surface area (Å²) in [6.45, 7) is 3.16. The van der Waals surface area contributed by atoms with Gasteiger partial charge in [0.25, 0.3) is 0 Å². The van der Waals surface area contributed by atoms with Crippen LogP contribution in [-0.2, 0) is 25.6 Å². The molecule has 3 rings (SSSR count). The number of ether oxygens (including phenoxy) is 2. The minimum atomic E-state index is -5.08. The van der Waals surface area contributed by atoms with Crippen molar-refractivity contribution in [2.24, 2.45) is 0 Å². The molecule has 2 fully saturated rings. The maximum Gasteiger partial charge on any atom is 0.490 e. The van der Waals surface area contributed by atoms with E-state index in [4.69, 9.17) is 19.4 Å². The van der Waals surface area contributed by atoms with Crippen LogP contribution in [0.2, 0.25) is 0 Å². The molecule has 1 aromatic rings. The van der Waals surface area contributed by atoms with Crippen LogP contribution in [0, 0.1) is 0 Å². The number of fused-ring (bicyclic) bond motifs is 1. The van der Waals surface area contributed by atoms with Crippen LogP contribution in [0.3, 0.4) is 0 Å². The first-order chi connectivity index (χ1) is 13.7. The average Bonchev–Trinajstić information content (AvgIpc) is 3.32. The molecule has 3 atom stereocenters. The fraction of sp³-hybridized carbons (Fsp3) is 0.667. The second-order valence-electron chi connectivity index (χ2n) is 6.73. The van der Waals surface area contributed by atoms with Gasteiger partial charge in [0, 0.05) is 37.7 Å². The van der Waals surface area contributed by atoms with E-state index in [1.807, 2.05) is 11.3 Å². The van der Waals surface area contributed by atoms with Crippen molar-refractivity contribution >= 4 is 23.2 Å². The number of methoxy groups -OCH3 is 1. The monoisotopic (exact) mass is 438 g/mol. The Balaban J connectivity index is 0.000000370. The number of alkyl halides is 3. The minimum Gasteiger partial charge on any atom is -0.475 e. The minimum absolute atomic E-state index is 0.00667. The Labute approximate surface area is 170 Å². The molecule has 7 nitrogen and oxygen atoms in total. The summed E-state index contributed by atoms with van der Waals surface area (Å²) < 4.78 is 42.7. The standard InChI is InChI=1S/C16H24N2O3S.C2HF3O2/c1-20-9-7-17-16(19)15-5-4-13-14(21-15)6-8-18(13)11-12-3-2-10-22-12;3-2(4,5)1(6)7/h2-3,10,13-15H,4-9,11H2,1H3,(H,17,19);(H,6,7)/t13-,14-,15+;/m1./s1. The number of aliphatic carboxylic acids is 1. The zero-order valence-corrected chi connectivity index (χ0v) is 16.8. The summed E-state index contributed by atoms with van der Waals surface area (Å²) in [5.74, 6) is -2.75. The van der Waals surface area contributed by atoms with Gasteiger partial charge in [0.1, 0.15) is 6.10 Å². The molecule has 2 aliphatic heterocycles. The molecule has 2 aliphatic rings. The van der Waals surface area contributed by atoms with Gasteiger partial charge in [-0.1, -0.05) is 6.07 Å². The van der Waals surface area contributed by atoms with Gasteiger partial charge < -0.3 is 19.9 Å². The van der Waals surface area contributed by atoms with E-state index in [-0.39, 0.29) is 18.1 Å². The number of carbonyl (C=O) groups excluding carboxylic acids is 1. The van der Waals surface area contributed by atoms with Crippen LogP contribution >= 0.6 is 11.3 Å². The summed E-state index contributed by atoms with van der Waals surface area (Å²) in [5, 5.41) is 12.1. The Morgan fingerprint density at radius 3 is 2.69 bits per heavy atom. The van der Waals surface area contributed by atoms with E-state index in [0.717, 1.165) is 32.4 Å². The van der Waals surface area contributed by atoms with E-state index in [1.54, 1.807) is 7.11 Å². The van der Waals surface area contributed by atoms with Gasteiger partial charge in [-0.25, -0.2) is 4.79 Å². The Bertz CT molecular complexity index is 656. The van der Waals surface area contributed by atoms with Gasteiger partial charge >= 0.3 is 12.1 Å². The first-order valence-electron chi connectivity index (χ1n) is 9.21. The van der Waals surface area contributed by atoms with Crippen LogP contribution in [0.4, 0.5) is 13.2 Å². The third kappa shape index (κ3) is 7.25. The normalized spacial score (nSPS) is 24.3. The third-order valence-electron chi connectivity index (χ3n) is 4.74. The van der Waals surface area contributed by atoms with Gasteiger partial charge in [-0.15, -0.1) is 11.3 Å². The Morgan fingerprint density at radius 2 is 2.10 bits per heavy atom. The second kappa shape index (κ2) is 10.9. The van der Waals surface area contributed by atoms with Gasteiger partial charge in [0.2, 0.25) is 5.91 Å². The third-order valence-corrected chi connectivity index (χ3v) is 5.60. The highest BCUT2D eigenvalue weighted by Gasteiger charge is 2.41. The molecular weight excluding hydrogens is 413 g/mol. The highest BCUT2D eigenvalue weighted by atomic mass is 32.1. The highest BCUT2D eigenvalue weighted by Crippen LogP contribution is 2.33. The van der Waals surface area contributed by atoms with Gasteiger partial charge in [-0.3, -0.25) is 9.69 Å². The summed E-state index contributed by atoms with van der Waals surface area (Å²) in [4.78, 5) is 24.9. The van der Waals surface area contributed by atoms with E-state index in [0.29, 0.717) is 19.2 Å². The number of hydrogen-bond acceptors (Lipinski definition) is 6. The van der Waals surface area contributed by atoms with Crippen LogP contribution in [0.1, 0.15) is 24.1 Å². The summed E-state index contributed by atoms with van der Waals surface area (Å²) in [7, 11) is 1.63. The number of nitrogens with one attached hydrogen (secondary N) is 1. The number of halogens is 3. The van der Waals surface area contributed by atoms with Crippen molar-refractivity contribution in [1.29, 1.82) is 0 Å². The summed E-state index contributed by atoms with van der Waals surface area (Å²) in [5.41, 5.74) is 0. The molecular formula is C18H25F3N2O5S. The molecule has 1 amide bonds. The predicted octanol–water partition coefficient (Wildman–Crippen LogP) is 2.27. The number of carboxylic acids is 1. The Morgan fingerprint density at radius 1 is 1.38 bits per heavy atom.